The molecule has 0 saturated heterocycles. The Morgan fingerprint density at radius 3 is 2.82 bits per heavy atom. The second kappa shape index (κ2) is 5.25. The predicted molar refractivity (Wildman–Crippen MR) is 85.0 cm³/mol. The van der Waals surface area contributed by atoms with Crippen LogP contribution in [0.25, 0.3) is 0 Å². The van der Waals surface area contributed by atoms with Crippen LogP contribution in [-0.2, 0) is 26.1 Å². The quantitative estimate of drug-likeness (QED) is 0.848. The van der Waals surface area contributed by atoms with E-state index in [1.165, 1.54) is 22.4 Å². The minimum Gasteiger partial charge on any atom is -0.497 e. The first-order valence-corrected chi connectivity index (χ1v) is 7.66. The number of methoxy groups -OCH3 is 1. The van der Waals surface area contributed by atoms with Crippen LogP contribution in [0.15, 0.2) is 24.5 Å². The molecule has 0 N–H and O–H groups in total. The molecule has 2 aliphatic rings. The van der Waals surface area contributed by atoms with E-state index in [4.69, 9.17) is 4.74 Å². The molecule has 4 rings (SSSR count). The highest BCUT2D eigenvalue weighted by Crippen LogP contribution is 2.33. The van der Waals surface area contributed by atoms with Gasteiger partial charge in [-0.25, -0.2) is 9.97 Å². The minimum absolute atomic E-state index is 0.889. The van der Waals surface area contributed by atoms with Crippen molar-refractivity contribution in [1.29, 1.82) is 0 Å². The SMILES string of the molecule is COc1ccc2c(c1)CN(c1ncnc3c1CN(C)CC3)C2. The van der Waals surface area contributed by atoms with Crippen molar-refractivity contribution in [3.63, 3.8) is 0 Å². The maximum absolute atomic E-state index is 5.33. The first kappa shape index (κ1) is 13.5. The third-order valence-corrected chi connectivity index (χ3v) is 4.61. The Labute approximate surface area is 130 Å². The molecule has 0 saturated carbocycles. The molecule has 1 aromatic carbocycles. The van der Waals surface area contributed by atoms with Crippen molar-refractivity contribution < 1.29 is 4.74 Å². The van der Waals surface area contributed by atoms with Gasteiger partial charge in [0.1, 0.15) is 17.9 Å². The van der Waals surface area contributed by atoms with Gasteiger partial charge in [0.25, 0.3) is 0 Å². The Morgan fingerprint density at radius 1 is 1.09 bits per heavy atom. The lowest BCUT2D eigenvalue weighted by Gasteiger charge is -2.28. The van der Waals surface area contributed by atoms with Gasteiger partial charge >= 0.3 is 0 Å². The number of rotatable bonds is 2. The highest BCUT2D eigenvalue weighted by molar-refractivity contribution is 5.54. The number of nitrogens with zero attached hydrogens (tertiary/aromatic N) is 4. The number of likely N-dealkylation sites (N-methyl/N-ethyl adjacent to an activating group) is 1. The van der Waals surface area contributed by atoms with Crippen molar-refractivity contribution in [2.75, 3.05) is 25.6 Å². The fourth-order valence-electron chi connectivity index (χ4n) is 3.38. The zero-order valence-electron chi connectivity index (χ0n) is 13.0. The summed E-state index contributed by atoms with van der Waals surface area (Å²) in [5.74, 6) is 2.01. The molecule has 2 aromatic rings. The Bertz CT molecular complexity index is 716. The van der Waals surface area contributed by atoms with E-state index in [1.807, 2.05) is 6.07 Å². The number of hydrogen-bond donors (Lipinski definition) is 0. The molecular weight excluding hydrogens is 276 g/mol. The van der Waals surface area contributed by atoms with Gasteiger partial charge in [-0.15, -0.1) is 0 Å². The van der Waals surface area contributed by atoms with Gasteiger partial charge in [-0.1, -0.05) is 6.07 Å². The molecule has 0 unspecified atom stereocenters. The summed E-state index contributed by atoms with van der Waals surface area (Å²) in [5, 5.41) is 0. The summed E-state index contributed by atoms with van der Waals surface area (Å²) < 4.78 is 5.33. The molecule has 5 heteroatoms. The third-order valence-electron chi connectivity index (χ3n) is 4.61. The summed E-state index contributed by atoms with van der Waals surface area (Å²) in [6.07, 6.45) is 2.72. The monoisotopic (exact) mass is 296 g/mol. The van der Waals surface area contributed by atoms with E-state index in [-0.39, 0.29) is 0 Å². The summed E-state index contributed by atoms with van der Waals surface area (Å²) in [7, 11) is 3.87. The Kier molecular flexibility index (Phi) is 3.22. The van der Waals surface area contributed by atoms with Gasteiger partial charge in [0, 0.05) is 38.2 Å². The number of ether oxygens (including phenoxy) is 1. The molecule has 0 radical (unpaired) electrons. The van der Waals surface area contributed by atoms with Crippen LogP contribution in [0, 0.1) is 0 Å². The molecule has 22 heavy (non-hydrogen) atoms. The zero-order valence-corrected chi connectivity index (χ0v) is 13.0. The van der Waals surface area contributed by atoms with Crippen LogP contribution in [0.1, 0.15) is 22.4 Å². The van der Waals surface area contributed by atoms with Crippen molar-refractivity contribution in [2.24, 2.45) is 0 Å². The molecule has 0 bridgehead atoms. The van der Waals surface area contributed by atoms with Gasteiger partial charge < -0.3 is 14.5 Å². The molecule has 3 heterocycles. The number of fused-ring (bicyclic) bond motifs is 2. The second-order valence-electron chi connectivity index (χ2n) is 6.10. The molecule has 114 valence electrons. The Hall–Kier alpha value is -2.14. The molecule has 2 aliphatic heterocycles. The molecule has 1 aromatic heterocycles. The Balaban J connectivity index is 1.67. The molecule has 0 spiro atoms. The van der Waals surface area contributed by atoms with Gasteiger partial charge in [-0.3, -0.25) is 0 Å². The standard InChI is InChI=1S/C17H20N4O/c1-20-6-5-16-15(10-20)17(19-11-18-16)21-8-12-3-4-14(22-2)7-13(12)9-21/h3-4,7,11H,5-6,8-10H2,1-2H3. The van der Waals surface area contributed by atoms with E-state index in [2.05, 4.69) is 38.9 Å². The van der Waals surface area contributed by atoms with Crippen LogP contribution in [0.2, 0.25) is 0 Å². The van der Waals surface area contributed by atoms with E-state index in [0.29, 0.717) is 0 Å². The highest BCUT2D eigenvalue weighted by Gasteiger charge is 2.26. The minimum atomic E-state index is 0.889. The van der Waals surface area contributed by atoms with Crippen molar-refractivity contribution in [1.82, 2.24) is 14.9 Å². The van der Waals surface area contributed by atoms with Crippen LogP contribution in [0.5, 0.6) is 5.75 Å². The zero-order chi connectivity index (χ0) is 15.1. The average Bonchev–Trinajstić information content (AvgIpc) is 2.96. The average molecular weight is 296 g/mol. The lowest BCUT2D eigenvalue weighted by molar-refractivity contribution is 0.309. The van der Waals surface area contributed by atoms with Crippen molar-refractivity contribution in [3.05, 3.63) is 46.9 Å². The van der Waals surface area contributed by atoms with Gasteiger partial charge in [0.05, 0.1) is 12.8 Å². The molecule has 5 nitrogen and oxygen atoms in total. The van der Waals surface area contributed by atoms with E-state index in [9.17, 15) is 0 Å². The van der Waals surface area contributed by atoms with E-state index in [1.54, 1.807) is 13.4 Å². The molecule has 0 fully saturated rings. The molecule has 0 aliphatic carbocycles. The highest BCUT2D eigenvalue weighted by atomic mass is 16.5. The lowest BCUT2D eigenvalue weighted by atomic mass is 10.1. The maximum Gasteiger partial charge on any atom is 0.137 e. The van der Waals surface area contributed by atoms with Crippen LogP contribution in [0.3, 0.4) is 0 Å². The summed E-state index contributed by atoms with van der Waals surface area (Å²) in [4.78, 5) is 13.8. The van der Waals surface area contributed by atoms with Crippen LogP contribution >= 0.6 is 0 Å². The van der Waals surface area contributed by atoms with Crippen molar-refractivity contribution in [3.8, 4) is 5.75 Å². The van der Waals surface area contributed by atoms with Crippen molar-refractivity contribution in [2.45, 2.75) is 26.1 Å². The fraction of sp³-hybridized carbons (Fsp3) is 0.412. The van der Waals surface area contributed by atoms with E-state index >= 15 is 0 Å². The van der Waals surface area contributed by atoms with Crippen LogP contribution in [-0.4, -0.2) is 35.6 Å². The number of aromatic nitrogens is 2. The van der Waals surface area contributed by atoms with E-state index in [0.717, 1.165) is 44.2 Å². The summed E-state index contributed by atoms with van der Waals surface area (Å²) in [5.41, 5.74) is 5.18. The predicted octanol–water partition coefficient (Wildman–Crippen LogP) is 1.99. The summed E-state index contributed by atoms with van der Waals surface area (Å²) >= 11 is 0. The normalized spacial score (nSPS) is 17.3. The van der Waals surface area contributed by atoms with E-state index < -0.39 is 0 Å². The number of benzene rings is 1. The van der Waals surface area contributed by atoms with Gasteiger partial charge in [-0.2, -0.15) is 0 Å². The Morgan fingerprint density at radius 2 is 1.95 bits per heavy atom. The smallest absolute Gasteiger partial charge is 0.137 e. The van der Waals surface area contributed by atoms with Gasteiger partial charge in [0.15, 0.2) is 0 Å². The fourth-order valence-corrected chi connectivity index (χ4v) is 3.38. The first-order valence-electron chi connectivity index (χ1n) is 7.66. The maximum atomic E-state index is 5.33. The van der Waals surface area contributed by atoms with Gasteiger partial charge in [-0.05, 0) is 30.3 Å². The van der Waals surface area contributed by atoms with Crippen molar-refractivity contribution >= 4 is 5.82 Å². The summed E-state index contributed by atoms with van der Waals surface area (Å²) in [6, 6.07) is 6.33. The molecular formula is C17H20N4O. The van der Waals surface area contributed by atoms with Crippen LogP contribution < -0.4 is 9.64 Å². The largest absolute Gasteiger partial charge is 0.497 e. The molecule has 0 amide bonds. The third kappa shape index (κ3) is 2.22. The first-order chi connectivity index (χ1) is 10.7. The lowest BCUT2D eigenvalue weighted by Crippen LogP contribution is -2.30. The topological polar surface area (TPSA) is 41.5 Å². The second-order valence-corrected chi connectivity index (χ2v) is 6.10. The van der Waals surface area contributed by atoms with Crippen LogP contribution in [0.4, 0.5) is 5.82 Å². The number of hydrogen-bond acceptors (Lipinski definition) is 5. The van der Waals surface area contributed by atoms with Gasteiger partial charge in [0.2, 0.25) is 0 Å². The summed E-state index contributed by atoms with van der Waals surface area (Å²) in [6.45, 7) is 3.80. The number of anilines is 1. The molecule has 0 atom stereocenters.